The number of hydrogen-bond acceptors (Lipinski definition) is 4. The van der Waals surface area contributed by atoms with E-state index in [2.05, 4.69) is 0 Å². The van der Waals surface area contributed by atoms with Gasteiger partial charge in [-0.15, -0.1) is 0 Å². The zero-order chi connectivity index (χ0) is 10.3. The number of carboxylic acids is 1. The van der Waals surface area contributed by atoms with E-state index in [1.54, 1.807) is 0 Å². The van der Waals surface area contributed by atoms with Crippen molar-refractivity contribution < 1.29 is 18.3 Å². The summed E-state index contributed by atoms with van der Waals surface area (Å²) in [7, 11) is -3.14. The number of rotatable bonds is 2. The van der Waals surface area contributed by atoms with E-state index >= 15 is 0 Å². The highest BCUT2D eigenvalue weighted by atomic mass is 32.2. The minimum atomic E-state index is -3.14. The number of carboxylic acid groups (broad SMARTS) is 1. The molecule has 1 N–H and O–H groups in total. The van der Waals surface area contributed by atoms with E-state index < -0.39 is 21.8 Å². The molecule has 0 spiro atoms. The van der Waals surface area contributed by atoms with E-state index in [0.717, 1.165) is 12.8 Å². The molecule has 0 aromatic carbocycles. The van der Waals surface area contributed by atoms with Gasteiger partial charge in [0, 0.05) is 12.6 Å². The minimum absolute atomic E-state index is 0.104. The molecule has 0 aromatic rings. The van der Waals surface area contributed by atoms with Gasteiger partial charge >= 0.3 is 5.97 Å². The molecule has 80 valence electrons. The third kappa shape index (κ3) is 1.90. The van der Waals surface area contributed by atoms with E-state index in [1.165, 1.54) is 0 Å². The van der Waals surface area contributed by atoms with Crippen molar-refractivity contribution in [3.05, 3.63) is 0 Å². The van der Waals surface area contributed by atoms with Crippen molar-refractivity contribution in [2.24, 2.45) is 0 Å². The van der Waals surface area contributed by atoms with Crippen molar-refractivity contribution in [3.8, 4) is 0 Å². The Hall–Kier alpha value is -0.620. The van der Waals surface area contributed by atoms with Gasteiger partial charge in [0.2, 0.25) is 0 Å². The van der Waals surface area contributed by atoms with E-state index in [9.17, 15) is 13.2 Å². The predicted octanol–water partition coefficient (Wildman–Crippen LogP) is -0.668. The highest BCUT2D eigenvalue weighted by Gasteiger charge is 2.42. The smallest absolute Gasteiger partial charge is 0.321 e. The van der Waals surface area contributed by atoms with Crippen LogP contribution in [0.2, 0.25) is 0 Å². The van der Waals surface area contributed by atoms with Crippen molar-refractivity contribution in [2.75, 3.05) is 18.1 Å². The fourth-order valence-corrected chi connectivity index (χ4v) is 3.35. The van der Waals surface area contributed by atoms with Crippen LogP contribution in [-0.4, -0.2) is 54.5 Å². The number of nitrogens with zero attached hydrogens (tertiary/aromatic N) is 1. The Balaban J connectivity index is 2.15. The van der Waals surface area contributed by atoms with Crippen molar-refractivity contribution in [1.29, 1.82) is 0 Å². The summed E-state index contributed by atoms with van der Waals surface area (Å²) in [6.45, 7) is 0.379. The second kappa shape index (κ2) is 3.20. The van der Waals surface area contributed by atoms with Gasteiger partial charge in [-0.2, -0.15) is 0 Å². The van der Waals surface area contributed by atoms with Crippen LogP contribution in [-0.2, 0) is 14.6 Å². The fraction of sp³-hybridized carbons (Fsp3) is 0.875. The lowest BCUT2D eigenvalue weighted by molar-refractivity contribution is -0.142. The Morgan fingerprint density at radius 3 is 2.50 bits per heavy atom. The van der Waals surface area contributed by atoms with Gasteiger partial charge in [-0.3, -0.25) is 9.69 Å². The summed E-state index contributed by atoms with van der Waals surface area (Å²) in [5.74, 6) is -1.13. The highest BCUT2D eigenvalue weighted by Crippen LogP contribution is 2.30. The molecule has 0 aromatic heterocycles. The average molecular weight is 219 g/mol. The SMILES string of the molecule is O=C(O)C1CS(=O)(=O)CCN1C1CC1. The molecule has 6 heteroatoms. The van der Waals surface area contributed by atoms with Gasteiger partial charge in [-0.1, -0.05) is 0 Å². The fourth-order valence-electron chi connectivity index (χ4n) is 1.88. The largest absolute Gasteiger partial charge is 0.480 e. The molecule has 1 saturated carbocycles. The number of sulfone groups is 1. The number of hydrogen-bond donors (Lipinski definition) is 1. The van der Waals surface area contributed by atoms with Gasteiger partial charge in [0.25, 0.3) is 0 Å². The van der Waals surface area contributed by atoms with Crippen LogP contribution >= 0.6 is 0 Å². The van der Waals surface area contributed by atoms with Gasteiger partial charge in [0.15, 0.2) is 9.84 Å². The third-order valence-corrected chi connectivity index (χ3v) is 4.40. The van der Waals surface area contributed by atoms with Crippen LogP contribution in [0.4, 0.5) is 0 Å². The first-order valence-corrected chi connectivity index (χ1v) is 6.51. The maximum atomic E-state index is 11.3. The van der Waals surface area contributed by atoms with Gasteiger partial charge < -0.3 is 5.11 Å². The molecule has 2 rings (SSSR count). The topological polar surface area (TPSA) is 74.7 Å². The van der Waals surface area contributed by atoms with E-state index in [0.29, 0.717) is 12.6 Å². The lowest BCUT2D eigenvalue weighted by atomic mass is 10.2. The molecular weight excluding hydrogens is 206 g/mol. The van der Waals surface area contributed by atoms with Crippen LogP contribution < -0.4 is 0 Å². The Kier molecular flexibility index (Phi) is 2.27. The second-order valence-corrected chi connectivity index (χ2v) is 6.17. The zero-order valence-corrected chi connectivity index (χ0v) is 8.53. The van der Waals surface area contributed by atoms with Crippen LogP contribution in [0.5, 0.6) is 0 Å². The molecule has 1 atom stereocenters. The molecule has 2 fully saturated rings. The summed E-state index contributed by atoms with van der Waals surface area (Å²) in [6.07, 6.45) is 2.01. The van der Waals surface area contributed by atoms with Crippen molar-refractivity contribution in [3.63, 3.8) is 0 Å². The van der Waals surface area contributed by atoms with Gasteiger partial charge in [0.1, 0.15) is 6.04 Å². The lowest BCUT2D eigenvalue weighted by Crippen LogP contribution is -2.53. The Labute approximate surface area is 82.6 Å². The number of carbonyl (C=O) groups is 1. The summed E-state index contributed by atoms with van der Waals surface area (Å²) >= 11 is 0. The first kappa shape index (κ1) is 9.92. The van der Waals surface area contributed by atoms with E-state index in [4.69, 9.17) is 5.11 Å². The predicted molar refractivity (Wildman–Crippen MR) is 49.8 cm³/mol. The molecule has 5 nitrogen and oxygen atoms in total. The zero-order valence-electron chi connectivity index (χ0n) is 7.72. The molecule has 1 aliphatic carbocycles. The monoisotopic (exact) mass is 219 g/mol. The van der Waals surface area contributed by atoms with Gasteiger partial charge in [0.05, 0.1) is 11.5 Å². The molecular formula is C8H13NO4S. The Morgan fingerprint density at radius 2 is 2.00 bits per heavy atom. The summed E-state index contributed by atoms with van der Waals surface area (Å²) in [4.78, 5) is 12.7. The molecule has 0 amide bonds. The van der Waals surface area contributed by atoms with E-state index in [-0.39, 0.29) is 11.5 Å². The minimum Gasteiger partial charge on any atom is -0.480 e. The van der Waals surface area contributed by atoms with Gasteiger partial charge in [-0.05, 0) is 12.8 Å². The first-order valence-electron chi connectivity index (χ1n) is 4.68. The molecule has 0 radical (unpaired) electrons. The molecule has 0 bridgehead atoms. The first-order chi connectivity index (χ1) is 6.49. The van der Waals surface area contributed by atoms with Crippen molar-refractivity contribution in [1.82, 2.24) is 4.90 Å². The van der Waals surface area contributed by atoms with Gasteiger partial charge in [-0.25, -0.2) is 8.42 Å². The molecule has 1 aliphatic heterocycles. The van der Waals surface area contributed by atoms with Crippen molar-refractivity contribution >= 4 is 15.8 Å². The normalized spacial score (nSPS) is 32.7. The average Bonchev–Trinajstić information content (AvgIpc) is 2.85. The summed E-state index contributed by atoms with van der Waals surface area (Å²) in [5.41, 5.74) is 0. The molecule has 1 unspecified atom stereocenters. The maximum absolute atomic E-state index is 11.3. The van der Waals surface area contributed by atoms with E-state index in [1.807, 2.05) is 4.90 Å². The van der Waals surface area contributed by atoms with Crippen molar-refractivity contribution in [2.45, 2.75) is 24.9 Å². The third-order valence-electron chi connectivity index (χ3n) is 2.77. The maximum Gasteiger partial charge on any atom is 0.321 e. The van der Waals surface area contributed by atoms with Crippen LogP contribution in [0.25, 0.3) is 0 Å². The van der Waals surface area contributed by atoms with Crippen LogP contribution in [0.1, 0.15) is 12.8 Å². The lowest BCUT2D eigenvalue weighted by Gasteiger charge is -2.32. The summed E-state index contributed by atoms with van der Waals surface area (Å²) in [6, 6.07) is -0.507. The molecule has 1 heterocycles. The highest BCUT2D eigenvalue weighted by molar-refractivity contribution is 7.91. The number of aliphatic carboxylic acids is 1. The Morgan fingerprint density at radius 1 is 1.36 bits per heavy atom. The molecule has 14 heavy (non-hydrogen) atoms. The quantitative estimate of drug-likeness (QED) is 0.667. The van der Waals surface area contributed by atoms with Crippen LogP contribution in [0.3, 0.4) is 0 Å². The van der Waals surface area contributed by atoms with Crippen LogP contribution in [0, 0.1) is 0 Å². The summed E-state index contributed by atoms with van der Waals surface area (Å²) < 4.78 is 22.5. The standard InChI is InChI=1S/C8H13NO4S/c10-8(11)7-5-14(12,13)4-3-9(7)6-1-2-6/h6-7H,1-5H2,(H,10,11). The summed E-state index contributed by atoms with van der Waals surface area (Å²) in [5, 5.41) is 8.91. The Bertz CT molecular complexity index is 346. The second-order valence-electron chi connectivity index (χ2n) is 3.94. The molecule has 2 aliphatic rings. The van der Waals surface area contributed by atoms with Crippen LogP contribution in [0.15, 0.2) is 0 Å². The molecule has 1 saturated heterocycles.